The number of ether oxygens (including phenoxy) is 1. The van der Waals surface area contributed by atoms with Crippen molar-refractivity contribution in [2.75, 3.05) is 37.5 Å². The van der Waals surface area contributed by atoms with Crippen LogP contribution in [0.5, 0.6) is 5.75 Å². The fourth-order valence-corrected chi connectivity index (χ4v) is 3.93. The Morgan fingerprint density at radius 1 is 1.00 bits per heavy atom. The number of halogens is 1. The molecule has 0 aliphatic carbocycles. The third-order valence-corrected chi connectivity index (χ3v) is 6.30. The van der Waals surface area contributed by atoms with Gasteiger partial charge in [-0.1, -0.05) is 43.6 Å². The Morgan fingerprint density at radius 2 is 1.68 bits per heavy atom. The molecule has 0 bridgehead atoms. The molecular formula is C29H34ClN3O4. The van der Waals surface area contributed by atoms with Gasteiger partial charge >= 0.3 is 5.97 Å². The molecule has 0 radical (unpaired) electrons. The molecule has 0 saturated heterocycles. The summed E-state index contributed by atoms with van der Waals surface area (Å²) in [6, 6.07) is 21.1. The largest absolute Gasteiger partial charge is 0.491 e. The lowest BCUT2D eigenvalue weighted by Crippen LogP contribution is -2.32. The van der Waals surface area contributed by atoms with Crippen molar-refractivity contribution in [2.45, 2.75) is 26.3 Å². The molecule has 0 aliphatic rings. The summed E-state index contributed by atoms with van der Waals surface area (Å²) in [5, 5.41) is 15.5. The second-order valence-electron chi connectivity index (χ2n) is 9.37. The monoisotopic (exact) mass is 523 g/mol. The molecule has 3 N–H and O–H groups in total. The summed E-state index contributed by atoms with van der Waals surface area (Å²) in [5.74, 6) is -0.176. The van der Waals surface area contributed by atoms with Gasteiger partial charge in [-0.3, -0.25) is 9.59 Å². The van der Waals surface area contributed by atoms with Gasteiger partial charge in [0.15, 0.2) is 0 Å². The Bertz CT molecular complexity index is 1190. The smallest absolute Gasteiger partial charge is 0.305 e. The van der Waals surface area contributed by atoms with Gasteiger partial charge in [-0.15, -0.1) is 0 Å². The van der Waals surface area contributed by atoms with Gasteiger partial charge in [0.2, 0.25) is 0 Å². The molecule has 0 spiro atoms. The van der Waals surface area contributed by atoms with Crippen LogP contribution < -0.4 is 20.3 Å². The van der Waals surface area contributed by atoms with E-state index in [0.717, 1.165) is 28.3 Å². The highest BCUT2D eigenvalue weighted by molar-refractivity contribution is 6.33. The molecule has 0 aliphatic heterocycles. The average molecular weight is 524 g/mol. The minimum atomic E-state index is -0.947. The van der Waals surface area contributed by atoms with Gasteiger partial charge in [0.05, 0.1) is 17.5 Å². The second-order valence-corrected chi connectivity index (χ2v) is 9.77. The molecular weight excluding hydrogens is 490 g/mol. The Morgan fingerprint density at radius 3 is 2.24 bits per heavy atom. The highest BCUT2D eigenvalue weighted by atomic mass is 35.5. The van der Waals surface area contributed by atoms with Crippen LogP contribution in [0, 0.1) is 5.92 Å². The molecule has 3 aromatic rings. The zero-order chi connectivity index (χ0) is 26.9. The maximum absolute atomic E-state index is 12.1. The summed E-state index contributed by atoms with van der Waals surface area (Å²) in [5.41, 5.74) is 4.39. The maximum atomic E-state index is 12.1. The lowest BCUT2D eigenvalue weighted by molar-refractivity contribution is -0.136. The predicted molar refractivity (Wildman–Crippen MR) is 150 cm³/mol. The fraction of sp³-hybridized carbons (Fsp3) is 0.310. The fourth-order valence-electron chi connectivity index (χ4n) is 3.65. The van der Waals surface area contributed by atoms with Gasteiger partial charge in [-0.25, -0.2) is 0 Å². The van der Waals surface area contributed by atoms with E-state index in [-0.39, 0.29) is 24.9 Å². The van der Waals surface area contributed by atoms with Crippen LogP contribution in [0.3, 0.4) is 0 Å². The molecule has 3 rings (SSSR count). The molecule has 0 unspecified atom stereocenters. The molecule has 0 aromatic heterocycles. The number of benzene rings is 3. The molecule has 3 aromatic carbocycles. The normalized spacial score (nSPS) is 11.6. The SMILES string of the molecule is CC(C)[C@@H](COc1ccc(-c2ccc(N(C)C)cc2Cl)cc1)Nc1ccc(C(=O)NCCC(=O)O)cc1. The highest BCUT2D eigenvalue weighted by Crippen LogP contribution is 2.32. The molecule has 7 nitrogen and oxygen atoms in total. The maximum Gasteiger partial charge on any atom is 0.305 e. The van der Waals surface area contributed by atoms with Crippen molar-refractivity contribution in [3.63, 3.8) is 0 Å². The third-order valence-electron chi connectivity index (χ3n) is 5.99. The summed E-state index contributed by atoms with van der Waals surface area (Å²) in [4.78, 5) is 24.8. The number of hydrogen-bond acceptors (Lipinski definition) is 5. The van der Waals surface area contributed by atoms with E-state index in [9.17, 15) is 9.59 Å². The summed E-state index contributed by atoms with van der Waals surface area (Å²) < 4.78 is 6.08. The van der Waals surface area contributed by atoms with Crippen LogP contribution in [-0.4, -0.2) is 50.3 Å². The van der Waals surface area contributed by atoms with Crippen LogP contribution in [0.2, 0.25) is 5.02 Å². The standard InChI is InChI=1S/C29H34ClN3O4/c1-19(2)27(32-22-9-5-21(6-10-22)29(36)31-16-15-28(34)35)18-37-24-12-7-20(8-13-24)25-14-11-23(33(3)4)17-26(25)30/h5-14,17,19,27,32H,15-16,18H2,1-4H3,(H,31,36)(H,34,35)/t27-/m1/s1. The number of nitrogens with zero attached hydrogens (tertiary/aromatic N) is 1. The number of rotatable bonds is 12. The number of anilines is 2. The lowest BCUT2D eigenvalue weighted by atomic mass is 10.0. The summed E-state index contributed by atoms with van der Waals surface area (Å²) in [7, 11) is 3.97. The van der Waals surface area contributed by atoms with Gasteiger partial charge in [0, 0.05) is 43.1 Å². The molecule has 0 fully saturated rings. The molecule has 196 valence electrons. The minimum absolute atomic E-state index is 0.0444. The van der Waals surface area contributed by atoms with E-state index in [1.807, 2.05) is 73.6 Å². The summed E-state index contributed by atoms with van der Waals surface area (Å²) in [6.07, 6.45) is -0.109. The zero-order valence-electron chi connectivity index (χ0n) is 21.6. The van der Waals surface area contributed by atoms with Crippen LogP contribution in [0.1, 0.15) is 30.6 Å². The van der Waals surface area contributed by atoms with Gasteiger partial charge < -0.3 is 25.4 Å². The number of carbonyl (C=O) groups is 2. The predicted octanol–water partition coefficient (Wildman–Crippen LogP) is 5.79. The van der Waals surface area contributed by atoms with E-state index in [1.165, 1.54) is 0 Å². The van der Waals surface area contributed by atoms with Crippen molar-refractivity contribution in [1.82, 2.24) is 5.32 Å². The Kier molecular flexibility index (Phi) is 9.80. The van der Waals surface area contributed by atoms with E-state index < -0.39 is 5.97 Å². The van der Waals surface area contributed by atoms with Crippen molar-refractivity contribution in [2.24, 2.45) is 5.92 Å². The van der Waals surface area contributed by atoms with Crippen molar-refractivity contribution in [3.05, 3.63) is 77.3 Å². The number of hydrogen-bond donors (Lipinski definition) is 3. The number of carboxylic acids is 1. The molecule has 1 amide bonds. The first kappa shape index (κ1) is 27.9. The Labute approximate surface area is 223 Å². The van der Waals surface area contributed by atoms with Gasteiger partial charge in [-0.05, 0) is 60.0 Å². The molecule has 8 heteroatoms. The van der Waals surface area contributed by atoms with E-state index in [4.69, 9.17) is 21.4 Å². The van der Waals surface area contributed by atoms with Crippen LogP contribution in [-0.2, 0) is 4.79 Å². The van der Waals surface area contributed by atoms with Gasteiger partial charge in [0.25, 0.3) is 5.91 Å². The topological polar surface area (TPSA) is 90.9 Å². The zero-order valence-corrected chi connectivity index (χ0v) is 22.4. The van der Waals surface area contributed by atoms with E-state index in [0.29, 0.717) is 23.1 Å². The number of nitrogens with one attached hydrogen (secondary N) is 2. The Balaban J connectivity index is 1.57. The van der Waals surface area contributed by atoms with E-state index >= 15 is 0 Å². The quantitative estimate of drug-likeness (QED) is 0.278. The number of amides is 1. The summed E-state index contributed by atoms with van der Waals surface area (Å²) in [6.45, 7) is 4.80. The number of carbonyl (C=O) groups excluding carboxylic acids is 1. The average Bonchev–Trinajstić information content (AvgIpc) is 2.86. The number of aliphatic carboxylic acids is 1. The first-order chi connectivity index (χ1) is 17.6. The van der Waals surface area contributed by atoms with Gasteiger partial charge in [-0.2, -0.15) is 0 Å². The second kappa shape index (κ2) is 13.0. The first-order valence-electron chi connectivity index (χ1n) is 12.2. The minimum Gasteiger partial charge on any atom is -0.491 e. The van der Waals surface area contributed by atoms with Gasteiger partial charge in [0.1, 0.15) is 12.4 Å². The van der Waals surface area contributed by atoms with Crippen molar-refractivity contribution >= 4 is 34.9 Å². The van der Waals surface area contributed by atoms with Crippen LogP contribution in [0.15, 0.2) is 66.7 Å². The van der Waals surface area contributed by atoms with E-state index in [1.54, 1.807) is 12.1 Å². The van der Waals surface area contributed by atoms with Crippen LogP contribution in [0.4, 0.5) is 11.4 Å². The molecule has 1 atom stereocenters. The molecule has 0 heterocycles. The van der Waals surface area contributed by atoms with Crippen LogP contribution in [0.25, 0.3) is 11.1 Å². The third kappa shape index (κ3) is 8.15. The van der Waals surface area contributed by atoms with E-state index in [2.05, 4.69) is 24.5 Å². The van der Waals surface area contributed by atoms with Crippen molar-refractivity contribution in [1.29, 1.82) is 0 Å². The number of carboxylic acid groups (broad SMARTS) is 1. The van der Waals surface area contributed by atoms with Crippen molar-refractivity contribution in [3.8, 4) is 16.9 Å². The molecule has 0 saturated carbocycles. The highest BCUT2D eigenvalue weighted by Gasteiger charge is 2.15. The lowest BCUT2D eigenvalue weighted by Gasteiger charge is -2.24. The van der Waals surface area contributed by atoms with Crippen LogP contribution >= 0.6 is 11.6 Å². The van der Waals surface area contributed by atoms with Crippen molar-refractivity contribution < 1.29 is 19.4 Å². The first-order valence-corrected chi connectivity index (χ1v) is 12.6. The summed E-state index contributed by atoms with van der Waals surface area (Å²) >= 11 is 6.51. The molecule has 37 heavy (non-hydrogen) atoms. The Hall–Kier alpha value is -3.71.